The van der Waals surface area contributed by atoms with Crippen LogP contribution in [0.15, 0.2) is 22.5 Å². The smallest absolute Gasteiger partial charge is 0.243 e. The second-order valence-electron chi connectivity index (χ2n) is 5.76. The first-order valence-corrected chi connectivity index (χ1v) is 8.92. The minimum atomic E-state index is -0.0658. The molecule has 1 aromatic heterocycles. The molecule has 8 heteroatoms. The van der Waals surface area contributed by atoms with Crippen molar-refractivity contribution in [2.75, 3.05) is 46.8 Å². The van der Waals surface area contributed by atoms with Gasteiger partial charge in [-0.05, 0) is 18.4 Å². The number of piperazine rings is 1. The van der Waals surface area contributed by atoms with Gasteiger partial charge >= 0.3 is 0 Å². The van der Waals surface area contributed by atoms with Gasteiger partial charge in [0.1, 0.15) is 6.54 Å². The van der Waals surface area contributed by atoms with E-state index in [4.69, 9.17) is 0 Å². The lowest BCUT2D eigenvalue weighted by Crippen LogP contribution is -2.55. The van der Waals surface area contributed by atoms with Gasteiger partial charge in [0, 0.05) is 38.6 Å². The second-order valence-corrected chi connectivity index (χ2v) is 6.79. The molecule has 0 spiro atoms. The third-order valence-corrected chi connectivity index (χ3v) is 4.74. The van der Waals surface area contributed by atoms with Crippen LogP contribution in [0.2, 0.25) is 0 Å². The first-order valence-electron chi connectivity index (χ1n) is 8.04. The van der Waals surface area contributed by atoms with Crippen molar-refractivity contribution in [3.63, 3.8) is 0 Å². The predicted octanol–water partition coefficient (Wildman–Crippen LogP) is 0.446. The van der Waals surface area contributed by atoms with Gasteiger partial charge in [-0.1, -0.05) is 6.07 Å². The Morgan fingerprint density at radius 3 is 2.79 bits per heavy atom. The molecule has 1 saturated heterocycles. The van der Waals surface area contributed by atoms with E-state index in [0.29, 0.717) is 32.1 Å². The zero-order valence-electron chi connectivity index (χ0n) is 14.5. The highest BCUT2D eigenvalue weighted by Gasteiger charge is 2.25. The van der Waals surface area contributed by atoms with Gasteiger partial charge in [-0.25, -0.2) is 4.99 Å². The number of thiophene rings is 1. The van der Waals surface area contributed by atoms with Gasteiger partial charge in [0.05, 0.1) is 13.1 Å². The SMILES string of the molecule is CCN1CCN(C(=NCC(=O)N(C)C)NCc2cccs2)CC1=O. The molecule has 1 N–H and O–H groups in total. The van der Waals surface area contributed by atoms with Gasteiger partial charge in [-0.2, -0.15) is 0 Å². The number of amides is 2. The van der Waals surface area contributed by atoms with Crippen molar-refractivity contribution in [2.45, 2.75) is 13.5 Å². The summed E-state index contributed by atoms with van der Waals surface area (Å²) < 4.78 is 0. The molecule has 1 aromatic rings. The monoisotopic (exact) mass is 351 g/mol. The highest BCUT2D eigenvalue weighted by atomic mass is 32.1. The maximum absolute atomic E-state index is 12.1. The molecule has 1 aliphatic heterocycles. The fraction of sp³-hybridized carbons (Fsp3) is 0.562. The van der Waals surface area contributed by atoms with Crippen LogP contribution in [0.5, 0.6) is 0 Å². The number of carbonyl (C=O) groups is 2. The van der Waals surface area contributed by atoms with Crippen LogP contribution in [-0.2, 0) is 16.1 Å². The Kier molecular flexibility index (Phi) is 6.60. The molecular weight excluding hydrogens is 326 g/mol. The molecular formula is C16H25N5O2S. The van der Waals surface area contributed by atoms with E-state index in [1.807, 2.05) is 34.2 Å². The van der Waals surface area contributed by atoms with Crippen LogP contribution in [0.1, 0.15) is 11.8 Å². The molecule has 2 heterocycles. The Balaban J connectivity index is 2.05. The van der Waals surface area contributed by atoms with E-state index in [2.05, 4.69) is 10.3 Å². The minimum Gasteiger partial charge on any atom is -0.351 e. The van der Waals surface area contributed by atoms with Gasteiger partial charge in [-0.3, -0.25) is 9.59 Å². The molecule has 0 bridgehead atoms. The van der Waals surface area contributed by atoms with Crippen LogP contribution in [0.3, 0.4) is 0 Å². The Hall–Kier alpha value is -2.09. The molecule has 0 radical (unpaired) electrons. The fourth-order valence-corrected chi connectivity index (χ4v) is 3.00. The van der Waals surface area contributed by atoms with Crippen molar-refractivity contribution >= 4 is 29.1 Å². The highest BCUT2D eigenvalue weighted by Crippen LogP contribution is 2.09. The zero-order chi connectivity index (χ0) is 17.5. The molecule has 0 atom stereocenters. The molecule has 24 heavy (non-hydrogen) atoms. The van der Waals surface area contributed by atoms with Crippen LogP contribution in [-0.4, -0.2) is 79.3 Å². The van der Waals surface area contributed by atoms with E-state index >= 15 is 0 Å². The van der Waals surface area contributed by atoms with Crippen molar-refractivity contribution < 1.29 is 9.59 Å². The standard InChI is InChI=1S/C16H25N5O2S/c1-4-20-7-8-21(12-15(20)23)16(18-11-14(22)19(2)3)17-10-13-6-5-9-24-13/h5-6,9H,4,7-8,10-12H2,1-3H3,(H,17,18). The third-order valence-electron chi connectivity index (χ3n) is 3.86. The van der Waals surface area contributed by atoms with Crippen molar-refractivity contribution in [3.8, 4) is 0 Å². The van der Waals surface area contributed by atoms with Crippen LogP contribution >= 0.6 is 11.3 Å². The first-order chi connectivity index (χ1) is 11.5. The van der Waals surface area contributed by atoms with Crippen molar-refractivity contribution in [1.82, 2.24) is 20.0 Å². The summed E-state index contributed by atoms with van der Waals surface area (Å²) in [6.07, 6.45) is 0. The molecule has 2 amide bonds. The number of hydrogen-bond acceptors (Lipinski definition) is 4. The third kappa shape index (κ3) is 4.95. The maximum Gasteiger partial charge on any atom is 0.243 e. The summed E-state index contributed by atoms with van der Waals surface area (Å²) in [5.41, 5.74) is 0. The van der Waals surface area contributed by atoms with Crippen LogP contribution in [0.25, 0.3) is 0 Å². The highest BCUT2D eigenvalue weighted by molar-refractivity contribution is 7.09. The molecule has 132 valence electrons. The Morgan fingerprint density at radius 1 is 1.42 bits per heavy atom. The number of rotatable bonds is 5. The molecule has 0 saturated carbocycles. The first kappa shape index (κ1) is 18.3. The number of likely N-dealkylation sites (N-methyl/N-ethyl adjacent to an activating group) is 2. The van der Waals surface area contributed by atoms with E-state index in [1.165, 1.54) is 9.78 Å². The van der Waals surface area contributed by atoms with Crippen molar-refractivity contribution in [3.05, 3.63) is 22.4 Å². The topological polar surface area (TPSA) is 68.2 Å². The normalized spacial score (nSPS) is 15.6. The fourth-order valence-electron chi connectivity index (χ4n) is 2.35. The number of nitrogens with one attached hydrogen (secondary N) is 1. The van der Waals surface area contributed by atoms with E-state index in [9.17, 15) is 9.59 Å². The molecule has 0 unspecified atom stereocenters. The van der Waals surface area contributed by atoms with E-state index in [1.54, 1.807) is 25.4 Å². The molecule has 0 aliphatic carbocycles. The average molecular weight is 351 g/mol. The summed E-state index contributed by atoms with van der Waals surface area (Å²) >= 11 is 1.66. The Labute approximate surface area is 146 Å². The summed E-state index contributed by atoms with van der Waals surface area (Å²) in [4.78, 5) is 34.8. The summed E-state index contributed by atoms with van der Waals surface area (Å²) in [5.74, 6) is 0.639. The lowest BCUT2D eigenvalue weighted by Gasteiger charge is -2.35. The predicted molar refractivity (Wildman–Crippen MR) is 96.0 cm³/mol. The number of hydrogen-bond donors (Lipinski definition) is 1. The summed E-state index contributed by atoms with van der Waals surface area (Å²) in [6.45, 7) is 5.09. The van der Waals surface area contributed by atoms with Gasteiger partial charge in [0.2, 0.25) is 11.8 Å². The van der Waals surface area contributed by atoms with Gasteiger partial charge in [0.25, 0.3) is 0 Å². The van der Waals surface area contributed by atoms with Gasteiger partial charge in [0.15, 0.2) is 5.96 Å². The van der Waals surface area contributed by atoms with Crippen molar-refractivity contribution in [1.29, 1.82) is 0 Å². The molecule has 2 rings (SSSR count). The Bertz CT molecular complexity index is 585. The second kappa shape index (κ2) is 8.68. The summed E-state index contributed by atoms with van der Waals surface area (Å²) in [6, 6.07) is 4.04. The average Bonchev–Trinajstić information content (AvgIpc) is 3.08. The van der Waals surface area contributed by atoms with Gasteiger partial charge < -0.3 is 20.0 Å². The molecule has 1 fully saturated rings. The lowest BCUT2D eigenvalue weighted by atomic mass is 10.3. The molecule has 7 nitrogen and oxygen atoms in total. The zero-order valence-corrected chi connectivity index (χ0v) is 15.3. The number of guanidine groups is 1. The van der Waals surface area contributed by atoms with Crippen molar-refractivity contribution in [2.24, 2.45) is 4.99 Å². The number of nitrogens with zero attached hydrogens (tertiary/aromatic N) is 4. The summed E-state index contributed by atoms with van der Waals surface area (Å²) in [5, 5.41) is 5.31. The largest absolute Gasteiger partial charge is 0.351 e. The van der Waals surface area contributed by atoms with E-state index < -0.39 is 0 Å². The Morgan fingerprint density at radius 2 is 2.21 bits per heavy atom. The van der Waals surface area contributed by atoms with E-state index in [-0.39, 0.29) is 18.4 Å². The lowest BCUT2D eigenvalue weighted by molar-refractivity contribution is -0.134. The minimum absolute atomic E-state index is 0.0658. The van der Waals surface area contributed by atoms with E-state index in [0.717, 1.165) is 6.54 Å². The van der Waals surface area contributed by atoms with Crippen LogP contribution in [0, 0.1) is 0 Å². The molecule has 1 aliphatic rings. The molecule has 0 aromatic carbocycles. The number of carbonyl (C=O) groups excluding carboxylic acids is 2. The van der Waals surface area contributed by atoms with Gasteiger partial charge in [-0.15, -0.1) is 11.3 Å². The van der Waals surface area contributed by atoms with Crippen LogP contribution < -0.4 is 5.32 Å². The number of aliphatic imine (C=N–C) groups is 1. The maximum atomic E-state index is 12.1. The quantitative estimate of drug-likeness (QED) is 0.618. The summed E-state index contributed by atoms with van der Waals surface area (Å²) in [7, 11) is 3.42. The van der Waals surface area contributed by atoms with Crippen LogP contribution in [0.4, 0.5) is 0 Å².